The lowest BCUT2D eigenvalue weighted by Crippen LogP contribution is -2.26. The van der Waals surface area contributed by atoms with Gasteiger partial charge in [-0.15, -0.1) is 0 Å². The topological polar surface area (TPSA) is 37.8 Å². The number of alkyl halides is 1. The largest absolute Gasteiger partial charge is 0.365 e. The first-order valence-electron chi connectivity index (χ1n) is 4.16. The Hall–Kier alpha value is -1.19. The molecule has 0 aromatic carbocycles. The fourth-order valence-electron chi connectivity index (χ4n) is 0.923. The minimum absolute atomic E-state index is 0.0675. The molecule has 1 heterocycles. The summed E-state index contributed by atoms with van der Waals surface area (Å²) in [5.41, 5.74) is 0.337. The molecule has 0 aliphatic carbocycles. The molecule has 0 aliphatic heterocycles. The van der Waals surface area contributed by atoms with Crippen LogP contribution in [0.1, 0.15) is 26.5 Å². The van der Waals surface area contributed by atoms with Gasteiger partial charge in [-0.05, 0) is 20.8 Å². The molecule has 0 fully saturated rings. The number of nitrogens with one attached hydrogen (secondary N) is 1. The summed E-state index contributed by atoms with van der Waals surface area (Å²) in [6, 6.07) is 1.62. The fourth-order valence-corrected chi connectivity index (χ4v) is 0.923. The summed E-state index contributed by atoms with van der Waals surface area (Å²) in [6.45, 7) is 5.50. The highest BCUT2D eigenvalue weighted by atomic mass is 19.1. The van der Waals surface area contributed by atoms with Crippen molar-refractivity contribution in [2.24, 2.45) is 0 Å². The molecule has 72 valence electrons. The van der Waals surface area contributed by atoms with Crippen LogP contribution in [0.5, 0.6) is 0 Å². The van der Waals surface area contributed by atoms with Crippen molar-refractivity contribution in [2.75, 3.05) is 5.32 Å². The number of aromatic nitrogens is 2. The van der Waals surface area contributed by atoms with E-state index in [9.17, 15) is 4.39 Å². The minimum Gasteiger partial charge on any atom is -0.365 e. The minimum atomic E-state index is -0.554. The van der Waals surface area contributed by atoms with E-state index < -0.39 is 6.67 Å². The average Bonchev–Trinajstić information content (AvgIpc) is 2.01. The lowest BCUT2D eigenvalue weighted by Gasteiger charge is -2.21. The zero-order valence-electron chi connectivity index (χ0n) is 8.13. The molecule has 1 rings (SSSR count). The van der Waals surface area contributed by atoms with Gasteiger partial charge in [0.25, 0.3) is 0 Å². The maximum absolute atomic E-state index is 12.2. The summed E-state index contributed by atoms with van der Waals surface area (Å²) in [5, 5.41) is 3.14. The van der Waals surface area contributed by atoms with Gasteiger partial charge in [-0.25, -0.2) is 14.4 Å². The van der Waals surface area contributed by atoms with Crippen molar-refractivity contribution in [1.29, 1.82) is 0 Å². The van der Waals surface area contributed by atoms with E-state index in [1.165, 1.54) is 6.33 Å². The highest BCUT2D eigenvalue weighted by molar-refractivity contribution is 5.37. The van der Waals surface area contributed by atoms with Crippen molar-refractivity contribution in [2.45, 2.75) is 33.0 Å². The van der Waals surface area contributed by atoms with Crippen LogP contribution in [0.2, 0.25) is 0 Å². The van der Waals surface area contributed by atoms with Gasteiger partial charge in [0.2, 0.25) is 0 Å². The molecule has 0 aliphatic rings. The normalized spacial score (nSPS) is 11.4. The van der Waals surface area contributed by atoms with Crippen LogP contribution in [0.3, 0.4) is 0 Å². The van der Waals surface area contributed by atoms with Crippen LogP contribution in [0.15, 0.2) is 12.4 Å². The van der Waals surface area contributed by atoms with Crippen molar-refractivity contribution in [3.05, 3.63) is 18.1 Å². The number of anilines is 1. The smallest absolute Gasteiger partial charge is 0.132 e. The lowest BCUT2D eigenvalue weighted by molar-refractivity contribution is 0.475. The van der Waals surface area contributed by atoms with E-state index in [1.54, 1.807) is 6.07 Å². The standard InChI is InChI=1S/C9H14FN3/c1-9(2,3)13-8-4-7(5-10)11-6-12-8/h4,6H,5H2,1-3H3,(H,11,12,13). The highest BCUT2D eigenvalue weighted by Crippen LogP contribution is 2.12. The maximum Gasteiger partial charge on any atom is 0.132 e. The maximum atomic E-state index is 12.2. The first-order valence-corrected chi connectivity index (χ1v) is 4.16. The molecule has 0 atom stereocenters. The van der Waals surface area contributed by atoms with Gasteiger partial charge in [0.15, 0.2) is 0 Å². The summed E-state index contributed by atoms with van der Waals surface area (Å²) < 4.78 is 12.2. The van der Waals surface area contributed by atoms with E-state index in [1.807, 2.05) is 20.8 Å². The average molecular weight is 183 g/mol. The molecule has 0 saturated heterocycles. The fraction of sp³-hybridized carbons (Fsp3) is 0.556. The Balaban J connectivity index is 2.78. The van der Waals surface area contributed by atoms with Crippen LogP contribution < -0.4 is 5.32 Å². The van der Waals surface area contributed by atoms with Crippen molar-refractivity contribution in [3.63, 3.8) is 0 Å². The van der Waals surface area contributed by atoms with Crippen LogP contribution in [0, 0.1) is 0 Å². The summed E-state index contributed by atoms with van der Waals surface area (Å²) in [7, 11) is 0. The second-order valence-electron chi connectivity index (χ2n) is 3.90. The Labute approximate surface area is 77.4 Å². The van der Waals surface area contributed by atoms with Gasteiger partial charge in [0.1, 0.15) is 18.8 Å². The number of hydrogen-bond donors (Lipinski definition) is 1. The highest BCUT2D eigenvalue weighted by Gasteiger charge is 2.10. The van der Waals surface area contributed by atoms with Crippen LogP contribution in [0.25, 0.3) is 0 Å². The molecule has 1 aromatic rings. The Kier molecular flexibility index (Phi) is 2.80. The number of halogens is 1. The third-order valence-electron chi connectivity index (χ3n) is 1.36. The number of hydrogen-bond acceptors (Lipinski definition) is 3. The van der Waals surface area contributed by atoms with Gasteiger partial charge in [-0.3, -0.25) is 0 Å². The molecule has 0 unspecified atom stereocenters. The van der Waals surface area contributed by atoms with E-state index in [-0.39, 0.29) is 5.54 Å². The number of rotatable bonds is 2. The second-order valence-corrected chi connectivity index (χ2v) is 3.90. The summed E-state index contributed by atoms with van der Waals surface area (Å²) >= 11 is 0. The van der Waals surface area contributed by atoms with E-state index in [2.05, 4.69) is 15.3 Å². The molecule has 0 amide bonds. The molecule has 13 heavy (non-hydrogen) atoms. The van der Waals surface area contributed by atoms with Crippen LogP contribution in [-0.4, -0.2) is 15.5 Å². The molecule has 1 aromatic heterocycles. The van der Waals surface area contributed by atoms with E-state index in [4.69, 9.17) is 0 Å². The summed E-state index contributed by atoms with van der Waals surface area (Å²) in [5.74, 6) is 0.662. The zero-order valence-corrected chi connectivity index (χ0v) is 8.13. The van der Waals surface area contributed by atoms with E-state index >= 15 is 0 Å². The molecule has 1 N–H and O–H groups in total. The van der Waals surface area contributed by atoms with Crippen LogP contribution in [-0.2, 0) is 6.67 Å². The quantitative estimate of drug-likeness (QED) is 0.763. The summed E-state index contributed by atoms with van der Waals surface area (Å²) in [4.78, 5) is 7.75. The Bertz CT molecular complexity index is 280. The Morgan fingerprint density at radius 2 is 2.08 bits per heavy atom. The molecular weight excluding hydrogens is 169 g/mol. The van der Waals surface area contributed by atoms with Gasteiger partial charge in [-0.1, -0.05) is 0 Å². The monoisotopic (exact) mass is 183 g/mol. The SMILES string of the molecule is CC(C)(C)Nc1cc(CF)ncn1. The van der Waals surface area contributed by atoms with Crippen LogP contribution >= 0.6 is 0 Å². The van der Waals surface area contributed by atoms with Crippen molar-refractivity contribution in [3.8, 4) is 0 Å². The molecule has 0 radical (unpaired) electrons. The zero-order chi connectivity index (χ0) is 9.90. The molecule has 4 heteroatoms. The van der Waals surface area contributed by atoms with Crippen molar-refractivity contribution < 1.29 is 4.39 Å². The molecule has 3 nitrogen and oxygen atoms in total. The van der Waals surface area contributed by atoms with Crippen molar-refractivity contribution >= 4 is 5.82 Å². The number of nitrogens with zero attached hydrogens (tertiary/aromatic N) is 2. The molecule has 0 bridgehead atoms. The molecular formula is C9H14FN3. The molecule has 0 saturated carbocycles. The van der Waals surface area contributed by atoms with Gasteiger partial charge >= 0.3 is 0 Å². The van der Waals surface area contributed by atoms with Crippen molar-refractivity contribution in [1.82, 2.24) is 9.97 Å². The second kappa shape index (κ2) is 3.68. The van der Waals surface area contributed by atoms with Gasteiger partial charge < -0.3 is 5.32 Å². The van der Waals surface area contributed by atoms with Crippen LogP contribution in [0.4, 0.5) is 10.2 Å². The van der Waals surface area contributed by atoms with E-state index in [0.29, 0.717) is 11.5 Å². The Morgan fingerprint density at radius 3 is 2.62 bits per heavy atom. The van der Waals surface area contributed by atoms with E-state index in [0.717, 1.165) is 0 Å². The van der Waals surface area contributed by atoms with Gasteiger partial charge in [0.05, 0.1) is 5.69 Å². The molecule has 0 spiro atoms. The predicted molar refractivity (Wildman–Crippen MR) is 50.2 cm³/mol. The van der Waals surface area contributed by atoms with Gasteiger partial charge in [0, 0.05) is 11.6 Å². The Morgan fingerprint density at radius 1 is 1.38 bits per heavy atom. The lowest BCUT2D eigenvalue weighted by atomic mass is 10.1. The predicted octanol–water partition coefficient (Wildman–Crippen LogP) is 2.16. The first kappa shape index (κ1) is 9.89. The van der Waals surface area contributed by atoms with Gasteiger partial charge in [-0.2, -0.15) is 0 Å². The third-order valence-corrected chi connectivity index (χ3v) is 1.36. The summed E-state index contributed by atoms with van der Waals surface area (Å²) in [6.07, 6.45) is 1.36. The first-order chi connectivity index (χ1) is 6.01. The third kappa shape index (κ3) is 3.36.